The van der Waals surface area contributed by atoms with E-state index in [1.807, 2.05) is 0 Å². The molecule has 10 heavy (non-hydrogen) atoms. The van der Waals surface area contributed by atoms with E-state index in [0.717, 1.165) is 0 Å². The van der Waals surface area contributed by atoms with Crippen molar-refractivity contribution in [2.24, 2.45) is 0 Å². The lowest BCUT2D eigenvalue weighted by atomic mass is 10.6. The van der Waals surface area contributed by atoms with Crippen molar-refractivity contribution < 1.29 is 22.8 Å². The second kappa shape index (κ2) is 4.04. The van der Waals surface area contributed by atoms with E-state index in [9.17, 15) is 8.42 Å². The van der Waals surface area contributed by atoms with E-state index < -0.39 is 19.5 Å². The highest BCUT2D eigenvalue weighted by atomic mass is 32.2. The fourth-order valence-electron chi connectivity index (χ4n) is 0.445. The average Bonchev–Trinajstić information content (AvgIpc) is 1.59. The molecule has 0 aromatic rings. The van der Waals surface area contributed by atoms with Crippen LogP contribution >= 0.6 is 0 Å². The molecule has 0 aromatic carbocycles. The van der Waals surface area contributed by atoms with Gasteiger partial charge in [-0.1, -0.05) is 0 Å². The largest absolute Gasteiger partial charge is 0.492 e. The van der Waals surface area contributed by atoms with E-state index in [1.54, 1.807) is 0 Å². The average molecular weight is 186 g/mol. The molecule has 0 aliphatic carbocycles. The molecular weight excluding hydrogens is 176 g/mol. The lowest BCUT2D eigenvalue weighted by molar-refractivity contribution is 0.227. The molecule has 0 fully saturated rings. The molecule has 0 saturated heterocycles. The minimum Gasteiger partial charge on any atom is -0.390 e. The summed E-state index contributed by atoms with van der Waals surface area (Å²) in [5, 5.41) is 0. The number of hydrogen-bond donors (Lipinski definition) is 4. The van der Waals surface area contributed by atoms with Crippen LogP contribution in [-0.4, -0.2) is 37.4 Å². The van der Waals surface area contributed by atoms with Gasteiger partial charge < -0.3 is 14.4 Å². The molecule has 0 amide bonds. The highest BCUT2D eigenvalue weighted by molar-refractivity contribution is 7.72. The van der Waals surface area contributed by atoms with Gasteiger partial charge in [-0.25, -0.2) is 8.42 Å². The highest BCUT2D eigenvalue weighted by Gasteiger charge is 2.25. The molecule has 0 aliphatic heterocycles. The van der Waals surface area contributed by atoms with Gasteiger partial charge in [0.2, 0.25) is 0 Å². The van der Waals surface area contributed by atoms with E-state index in [4.69, 9.17) is 14.4 Å². The summed E-state index contributed by atoms with van der Waals surface area (Å²) in [5.41, 5.74) is 0. The van der Waals surface area contributed by atoms with Crippen LogP contribution in [0.25, 0.3) is 0 Å². The summed E-state index contributed by atoms with van der Waals surface area (Å²) in [6.45, 7) is 0. The Kier molecular flexibility index (Phi) is 4.06. The minimum atomic E-state index is -3.99. The topological polar surface area (TPSA) is 94.8 Å². The molecule has 0 atom stereocenters. The molecule has 5 nitrogen and oxygen atoms in total. The molecule has 0 heterocycles. The first-order chi connectivity index (χ1) is 4.42. The molecule has 0 spiro atoms. The first kappa shape index (κ1) is 10.0. The van der Waals surface area contributed by atoms with Gasteiger partial charge in [0.05, 0.1) is 0 Å². The van der Waals surface area contributed by atoms with Crippen molar-refractivity contribution in [3.63, 3.8) is 0 Å². The van der Waals surface area contributed by atoms with E-state index >= 15 is 0 Å². The van der Waals surface area contributed by atoms with E-state index in [0.29, 0.717) is 0 Å². The molecule has 7 heteroatoms. The third-order valence-electron chi connectivity index (χ3n) is 0.853. The fourth-order valence-corrected chi connectivity index (χ4v) is 1.81. The summed E-state index contributed by atoms with van der Waals surface area (Å²) in [4.78, 5) is 25.2. The van der Waals surface area contributed by atoms with Crippen LogP contribution in [0.5, 0.6) is 0 Å². The van der Waals surface area contributed by atoms with E-state index in [1.165, 1.54) is 0 Å². The van der Waals surface area contributed by atoms with Gasteiger partial charge in [-0.2, -0.15) is 0 Å². The van der Waals surface area contributed by atoms with Gasteiger partial charge in [0, 0.05) is 11.8 Å². The van der Waals surface area contributed by atoms with Gasteiger partial charge in [-0.15, -0.1) is 0 Å². The Bertz CT molecular complexity index is 151. The Labute approximate surface area is 61.3 Å². The maximum Gasteiger partial charge on any atom is 0.492 e. The van der Waals surface area contributed by atoms with Crippen LogP contribution in [0, 0.1) is 0 Å². The monoisotopic (exact) mass is 186 g/mol. The van der Waals surface area contributed by atoms with Crippen LogP contribution in [-0.2, 0) is 10.7 Å². The summed E-state index contributed by atoms with van der Waals surface area (Å²) in [6, 6.07) is -0.212. The Morgan fingerprint density at radius 3 is 2.00 bits per heavy atom. The lowest BCUT2D eigenvalue weighted by Gasteiger charge is -2.05. The van der Waals surface area contributed by atoms with Crippen molar-refractivity contribution in [3.05, 3.63) is 0 Å². The lowest BCUT2D eigenvalue weighted by Crippen LogP contribution is -2.34. The quantitative estimate of drug-likeness (QED) is 0.298. The molecule has 0 saturated carbocycles. The summed E-state index contributed by atoms with van der Waals surface area (Å²) < 4.78 is 19.8. The van der Waals surface area contributed by atoms with Crippen molar-refractivity contribution in [1.29, 1.82) is 0 Å². The first-order valence-electron chi connectivity index (χ1n) is 2.71. The summed E-state index contributed by atoms with van der Waals surface area (Å²) in [7, 11) is -6.46. The normalized spacial score (nSPS) is 12.4. The Morgan fingerprint density at radius 1 is 1.20 bits per heavy atom. The maximum atomic E-state index is 9.89. The molecule has 0 aromatic heterocycles. The van der Waals surface area contributed by atoms with Crippen LogP contribution in [0.15, 0.2) is 0 Å². The molecule has 0 radical (unpaired) electrons. The smallest absolute Gasteiger partial charge is 0.390 e. The van der Waals surface area contributed by atoms with Crippen molar-refractivity contribution in [3.8, 4) is 0 Å². The predicted molar refractivity (Wildman–Crippen MR) is 37.0 cm³/mol. The van der Waals surface area contributed by atoms with Gasteiger partial charge in [-0.3, -0.25) is 0 Å². The predicted octanol–water partition coefficient (Wildman–Crippen LogP) is -2.10. The minimum absolute atomic E-state index is 0.105. The summed E-state index contributed by atoms with van der Waals surface area (Å²) in [6.07, 6.45) is 0.106. The SMILES string of the molecule is O=[SH](=O)CCC[Si](O)(O)O. The maximum absolute atomic E-state index is 9.89. The molecule has 3 N–H and O–H groups in total. The zero-order valence-electron chi connectivity index (χ0n) is 5.23. The second-order valence-electron chi connectivity index (χ2n) is 1.93. The number of thiol groups is 1. The Balaban J connectivity index is 3.38. The Morgan fingerprint density at radius 2 is 1.70 bits per heavy atom. The molecule has 62 valence electrons. The van der Waals surface area contributed by atoms with Crippen molar-refractivity contribution in [2.45, 2.75) is 12.5 Å². The highest BCUT2D eigenvalue weighted by Crippen LogP contribution is 2.00. The van der Waals surface area contributed by atoms with Gasteiger partial charge in [0.1, 0.15) is 10.7 Å². The zero-order chi connectivity index (χ0) is 8.20. The fraction of sp³-hybridized carbons (Fsp3) is 1.00. The number of hydrogen-bond acceptors (Lipinski definition) is 5. The van der Waals surface area contributed by atoms with Gasteiger partial charge in [0.25, 0.3) is 0 Å². The molecule has 0 aliphatic rings. The molecule has 0 unspecified atom stereocenters. The first-order valence-corrected chi connectivity index (χ1v) is 6.12. The summed E-state index contributed by atoms with van der Waals surface area (Å²) in [5.74, 6) is -0.105. The van der Waals surface area contributed by atoms with Gasteiger partial charge in [0.15, 0.2) is 0 Å². The van der Waals surface area contributed by atoms with Gasteiger partial charge >= 0.3 is 8.80 Å². The standard InChI is InChI=1S/C3H10O5SSi/c4-9(5)2-1-3-10(6,7)8/h6-9H,1-3H2. The van der Waals surface area contributed by atoms with Crippen LogP contribution < -0.4 is 0 Å². The zero-order valence-corrected chi connectivity index (χ0v) is 7.12. The van der Waals surface area contributed by atoms with E-state index in [-0.39, 0.29) is 18.2 Å². The van der Waals surface area contributed by atoms with Crippen LogP contribution in [0.4, 0.5) is 0 Å². The van der Waals surface area contributed by atoms with Gasteiger partial charge in [-0.05, 0) is 6.42 Å². The van der Waals surface area contributed by atoms with E-state index in [2.05, 4.69) is 0 Å². The van der Waals surface area contributed by atoms with Crippen LogP contribution in [0.3, 0.4) is 0 Å². The van der Waals surface area contributed by atoms with Crippen LogP contribution in [0.1, 0.15) is 6.42 Å². The molecule has 0 rings (SSSR count). The van der Waals surface area contributed by atoms with Crippen molar-refractivity contribution in [1.82, 2.24) is 0 Å². The third kappa shape index (κ3) is 8.05. The van der Waals surface area contributed by atoms with Crippen molar-refractivity contribution >= 4 is 19.5 Å². The van der Waals surface area contributed by atoms with Crippen molar-refractivity contribution in [2.75, 3.05) is 5.75 Å². The summed E-state index contributed by atoms with van der Waals surface area (Å²) >= 11 is 0. The Hall–Kier alpha value is 0.0469. The number of rotatable bonds is 4. The molecule has 0 bridgehead atoms. The third-order valence-corrected chi connectivity index (χ3v) is 2.56. The molecular formula is C3H10O5SSi. The second-order valence-corrected chi connectivity index (χ2v) is 5.10. The van der Waals surface area contributed by atoms with Crippen LogP contribution in [0.2, 0.25) is 6.04 Å².